The lowest BCUT2D eigenvalue weighted by molar-refractivity contribution is -0.140. The molecule has 25 heavy (non-hydrogen) atoms. The highest BCUT2D eigenvalue weighted by atomic mass is 16.5. The van der Waals surface area contributed by atoms with Crippen LogP contribution in [0.1, 0.15) is 78.6 Å². The van der Waals surface area contributed by atoms with Crippen molar-refractivity contribution in [2.45, 2.75) is 78.6 Å². The van der Waals surface area contributed by atoms with Crippen LogP contribution in [0.5, 0.6) is 0 Å². The number of carbonyl (C=O) groups is 1. The molecule has 0 unspecified atom stereocenters. The van der Waals surface area contributed by atoms with Crippen molar-refractivity contribution in [3.8, 4) is 0 Å². The van der Waals surface area contributed by atoms with Crippen LogP contribution in [-0.2, 0) is 9.53 Å². The van der Waals surface area contributed by atoms with Crippen LogP contribution in [0, 0.1) is 5.41 Å². The lowest BCUT2D eigenvalue weighted by Gasteiger charge is -2.14. The molecule has 0 aliphatic carbocycles. The molecule has 0 spiro atoms. The monoisotopic (exact) mass is 346 g/mol. The zero-order valence-corrected chi connectivity index (χ0v) is 16.8. The number of methoxy groups -OCH3 is 1. The lowest BCUT2D eigenvalue weighted by Crippen LogP contribution is -2.02. The standard InChI is InChI=1S/C23H38O2/c1-5-6-7-8-9-10-11-12-13-14-17-20-23(2,3)21-18-15-16-19-22(24)25-4/h9-10,12-13,17-18,20-21H,5-8,11,14-16,19H2,1-4H3. The molecule has 142 valence electrons. The number of unbranched alkanes of at least 4 members (excludes halogenated alkanes) is 4. The van der Waals surface area contributed by atoms with Gasteiger partial charge in [-0.1, -0.05) is 82.2 Å². The third-order valence-corrected chi connectivity index (χ3v) is 3.93. The Hall–Kier alpha value is -1.57. The molecule has 0 amide bonds. The quantitative estimate of drug-likeness (QED) is 0.193. The normalized spacial score (nSPS) is 13.0. The molecule has 0 rings (SSSR count). The fraction of sp³-hybridized carbons (Fsp3) is 0.609. The Morgan fingerprint density at radius 1 is 0.840 bits per heavy atom. The maximum absolute atomic E-state index is 11.0. The molecular formula is C23H38O2. The third kappa shape index (κ3) is 17.1. The molecule has 0 radical (unpaired) electrons. The summed E-state index contributed by atoms with van der Waals surface area (Å²) in [5.74, 6) is -0.129. The molecule has 0 aliphatic rings. The second-order valence-electron chi connectivity index (χ2n) is 7.00. The molecule has 0 aromatic rings. The Morgan fingerprint density at radius 3 is 2.12 bits per heavy atom. The minimum atomic E-state index is -0.129. The number of esters is 1. The first-order chi connectivity index (χ1) is 12.0. The van der Waals surface area contributed by atoms with Crippen molar-refractivity contribution >= 4 is 5.97 Å². The van der Waals surface area contributed by atoms with Crippen molar-refractivity contribution in [2.75, 3.05) is 7.11 Å². The minimum Gasteiger partial charge on any atom is -0.469 e. The first-order valence-corrected chi connectivity index (χ1v) is 9.74. The van der Waals surface area contributed by atoms with Gasteiger partial charge in [-0.05, 0) is 38.5 Å². The van der Waals surface area contributed by atoms with E-state index in [9.17, 15) is 4.79 Å². The van der Waals surface area contributed by atoms with E-state index in [0.29, 0.717) is 6.42 Å². The van der Waals surface area contributed by atoms with E-state index in [2.05, 4.69) is 74.1 Å². The number of hydrogen-bond acceptors (Lipinski definition) is 2. The molecule has 0 heterocycles. The van der Waals surface area contributed by atoms with Crippen LogP contribution in [0.2, 0.25) is 0 Å². The Morgan fingerprint density at radius 2 is 1.44 bits per heavy atom. The fourth-order valence-corrected chi connectivity index (χ4v) is 2.36. The minimum absolute atomic E-state index is 0.0539. The van der Waals surface area contributed by atoms with Gasteiger partial charge in [0.05, 0.1) is 7.11 Å². The highest BCUT2D eigenvalue weighted by Gasteiger charge is 2.07. The molecule has 0 atom stereocenters. The van der Waals surface area contributed by atoms with Crippen LogP contribution in [0.15, 0.2) is 48.6 Å². The van der Waals surface area contributed by atoms with Gasteiger partial charge in [0.1, 0.15) is 0 Å². The van der Waals surface area contributed by atoms with Crippen LogP contribution in [0.3, 0.4) is 0 Å². The predicted molar refractivity (Wildman–Crippen MR) is 110 cm³/mol. The summed E-state index contributed by atoms with van der Waals surface area (Å²) in [6.45, 7) is 6.63. The highest BCUT2D eigenvalue weighted by Crippen LogP contribution is 2.20. The van der Waals surface area contributed by atoms with E-state index < -0.39 is 0 Å². The van der Waals surface area contributed by atoms with Crippen LogP contribution in [-0.4, -0.2) is 13.1 Å². The van der Waals surface area contributed by atoms with Gasteiger partial charge in [0.25, 0.3) is 0 Å². The van der Waals surface area contributed by atoms with Gasteiger partial charge in [0.15, 0.2) is 0 Å². The van der Waals surface area contributed by atoms with E-state index in [0.717, 1.165) is 25.7 Å². The number of carbonyl (C=O) groups excluding carboxylic acids is 1. The fourth-order valence-electron chi connectivity index (χ4n) is 2.36. The first kappa shape index (κ1) is 23.4. The third-order valence-electron chi connectivity index (χ3n) is 3.93. The van der Waals surface area contributed by atoms with Crippen molar-refractivity contribution in [3.63, 3.8) is 0 Å². The van der Waals surface area contributed by atoms with Crippen molar-refractivity contribution in [1.29, 1.82) is 0 Å². The molecule has 0 saturated carbocycles. The van der Waals surface area contributed by atoms with Crippen LogP contribution < -0.4 is 0 Å². The van der Waals surface area contributed by atoms with E-state index in [1.54, 1.807) is 0 Å². The summed E-state index contributed by atoms with van der Waals surface area (Å²) in [5, 5.41) is 0. The lowest BCUT2D eigenvalue weighted by atomic mass is 9.91. The average molecular weight is 347 g/mol. The van der Waals surface area contributed by atoms with E-state index in [-0.39, 0.29) is 11.4 Å². The summed E-state index contributed by atoms with van der Waals surface area (Å²) < 4.78 is 4.64. The van der Waals surface area contributed by atoms with Gasteiger partial charge in [0.2, 0.25) is 0 Å². The molecule has 0 saturated heterocycles. The molecular weight excluding hydrogens is 308 g/mol. The predicted octanol–water partition coefficient (Wildman–Crippen LogP) is 6.94. The second-order valence-corrected chi connectivity index (χ2v) is 7.00. The maximum Gasteiger partial charge on any atom is 0.305 e. The van der Waals surface area contributed by atoms with Crippen LogP contribution in [0.25, 0.3) is 0 Å². The maximum atomic E-state index is 11.0. The van der Waals surface area contributed by atoms with Crippen molar-refractivity contribution in [1.82, 2.24) is 0 Å². The van der Waals surface area contributed by atoms with Gasteiger partial charge in [-0.15, -0.1) is 0 Å². The smallest absolute Gasteiger partial charge is 0.305 e. The van der Waals surface area contributed by atoms with Gasteiger partial charge in [-0.25, -0.2) is 0 Å². The first-order valence-electron chi connectivity index (χ1n) is 9.74. The van der Waals surface area contributed by atoms with Gasteiger partial charge in [0, 0.05) is 11.8 Å². The van der Waals surface area contributed by atoms with Crippen molar-refractivity contribution in [3.05, 3.63) is 48.6 Å². The molecule has 0 aromatic carbocycles. The number of rotatable bonds is 14. The van der Waals surface area contributed by atoms with E-state index in [1.165, 1.54) is 32.8 Å². The summed E-state index contributed by atoms with van der Waals surface area (Å²) in [7, 11) is 1.43. The van der Waals surface area contributed by atoms with Gasteiger partial charge < -0.3 is 4.74 Å². The number of allylic oxidation sites excluding steroid dienone is 8. The van der Waals surface area contributed by atoms with E-state index >= 15 is 0 Å². The largest absolute Gasteiger partial charge is 0.469 e. The second kappa shape index (κ2) is 15.9. The Balaban J connectivity index is 3.86. The summed E-state index contributed by atoms with van der Waals surface area (Å²) in [6.07, 6.45) is 27.3. The molecule has 2 nitrogen and oxygen atoms in total. The molecule has 0 aromatic heterocycles. The Bertz CT molecular complexity index is 439. The summed E-state index contributed by atoms with van der Waals surface area (Å²) in [5.41, 5.74) is 0.0539. The summed E-state index contributed by atoms with van der Waals surface area (Å²) in [4.78, 5) is 11.0. The van der Waals surface area contributed by atoms with Crippen LogP contribution >= 0.6 is 0 Å². The zero-order chi connectivity index (χ0) is 18.8. The molecule has 0 fully saturated rings. The molecule has 0 N–H and O–H groups in total. The Labute approximate surface area is 155 Å². The van der Waals surface area contributed by atoms with Gasteiger partial charge in [-0.3, -0.25) is 4.79 Å². The van der Waals surface area contributed by atoms with Gasteiger partial charge in [-0.2, -0.15) is 0 Å². The summed E-state index contributed by atoms with van der Waals surface area (Å²) in [6, 6.07) is 0. The van der Waals surface area contributed by atoms with Gasteiger partial charge >= 0.3 is 5.97 Å². The number of hydrogen-bond donors (Lipinski definition) is 0. The SMILES string of the molecule is CCCCCC=CCC=CCC=CC(C)(C)C=CCCCC(=O)OC. The molecule has 2 heteroatoms. The molecule has 0 bridgehead atoms. The average Bonchev–Trinajstić information content (AvgIpc) is 2.59. The van der Waals surface area contributed by atoms with Crippen LogP contribution in [0.4, 0.5) is 0 Å². The van der Waals surface area contributed by atoms with E-state index in [1.807, 2.05) is 0 Å². The Kier molecular flexibility index (Phi) is 14.9. The van der Waals surface area contributed by atoms with E-state index in [4.69, 9.17) is 0 Å². The van der Waals surface area contributed by atoms with Crippen molar-refractivity contribution < 1.29 is 9.53 Å². The topological polar surface area (TPSA) is 26.3 Å². The summed E-state index contributed by atoms with van der Waals surface area (Å²) >= 11 is 0. The van der Waals surface area contributed by atoms with Crippen molar-refractivity contribution in [2.24, 2.45) is 5.41 Å². The number of ether oxygens (including phenoxy) is 1. The zero-order valence-electron chi connectivity index (χ0n) is 16.8. The highest BCUT2D eigenvalue weighted by molar-refractivity contribution is 5.69. The molecule has 0 aliphatic heterocycles.